The smallest absolute Gasteiger partial charge is 0.414 e. The molecule has 8 nitrogen and oxygen atoms in total. The molecule has 0 saturated carbocycles. The summed E-state index contributed by atoms with van der Waals surface area (Å²) in [6.45, 7) is 1.11. The average molecular weight is 274 g/mol. The van der Waals surface area contributed by atoms with Gasteiger partial charge in [0.05, 0.1) is 20.2 Å². The lowest BCUT2D eigenvalue weighted by Gasteiger charge is -2.10. The third-order valence-corrected chi connectivity index (χ3v) is 1.51. The van der Waals surface area contributed by atoms with Crippen molar-refractivity contribution in [3.8, 4) is 11.8 Å². The van der Waals surface area contributed by atoms with Crippen molar-refractivity contribution in [2.75, 3.05) is 41.3 Å². The normalized spacial score (nSPS) is 8.47. The third kappa shape index (κ3) is 13.7. The maximum Gasteiger partial charge on any atom is 0.414 e. The van der Waals surface area contributed by atoms with Crippen LogP contribution in [0.3, 0.4) is 0 Å². The van der Waals surface area contributed by atoms with Crippen molar-refractivity contribution in [3.05, 3.63) is 0 Å². The molecule has 0 aromatic heterocycles. The highest BCUT2D eigenvalue weighted by molar-refractivity contribution is 6.27. The number of hydrogen-bond acceptors (Lipinski definition) is 5. The topological polar surface area (TPSA) is 107 Å². The Morgan fingerprint density at radius 2 is 1.42 bits per heavy atom. The van der Waals surface area contributed by atoms with Crippen LogP contribution < -0.4 is 0 Å². The van der Waals surface area contributed by atoms with Crippen LogP contribution in [-0.2, 0) is 14.3 Å². The SMILES string of the molecule is COC(=O)N(C)CC#CCN(C)C.O=C(O)C(=O)O. The van der Waals surface area contributed by atoms with E-state index in [4.69, 9.17) is 19.8 Å². The van der Waals surface area contributed by atoms with E-state index in [1.54, 1.807) is 7.05 Å². The Bertz CT molecular complexity index is 357. The third-order valence-electron chi connectivity index (χ3n) is 1.51. The molecule has 8 heteroatoms. The van der Waals surface area contributed by atoms with Crippen LogP contribution in [0.5, 0.6) is 0 Å². The molecule has 0 atom stereocenters. The Hall–Kier alpha value is -2.27. The van der Waals surface area contributed by atoms with Gasteiger partial charge in [-0.25, -0.2) is 14.4 Å². The van der Waals surface area contributed by atoms with Gasteiger partial charge in [-0.3, -0.25) is 4.90 Å². The van der Waals surface area contributed by atoms with E-state index in [2.05, 4.69) is 16.6 Å². The molecule has 0 aromatic rings. The van der Waals surface area contributed by atoms with Gasteiger partial charge >= 0.3 is 18.0 Å². The van der Waals surface area contributed by atoms with E-state index >= 15 is 0 Å². The molecule has 1 amide bonds. The molecule has 0 bridgehead atoms. The van der Waals surface area contributed by atoms with E-state index in [9.17, 15) is 4.79 Å². The van der Waals surface area contributed by atoms with Crippen molar-refractivity contribution < 1.29 is 29.3 Å². The molecule has 2 N–H and O–H groups in total. The zero-order valence-electron chi connectivity index (χ0n) is 11.3. The molecule has 108 valence electrons. The minimum atomic E-state index is -1.82. The number of nitrogens with zero attached hydrogens (tertiary/aromatic N) is 2. The van der Waals surface area contributed by atoms with E-state index in [1.807, 2.05) is 19.0 Å². The molecule has 0 aliphatic rings. The summed E-state index contributed by atoms with van der Waals surface area (Å²) in [5, 5.41) is 14.8. The second-order valence-electron chi connectivity index (χ2n) is 3.53. The Kier molecular flexibility index (Phi) is 10.9. The molecule has 19 heavy (non-hydrogen) atoms. The quantitative estimate of drug-likeness (QED) is 0.511. The van der Waals surface area contributed by atoms with Crippen molar-refractivity contribution in [1.29, 1.82) is 0 Å². The van der Waals surface area contributed by atoms with Crippen LogP contribution in [0.15, 0.2) is 0 Å². The summed E-state index contributed by atoms with van der Waals surface area (Å²) >= 11 is 0. The minimum absolute atomic E-state index is 0.362. The number of rotatable bonds is 2. The van der Waals surface area contributed by atoms with Crippen LogP contribution >= 0.6 is 0 Å². The first kappa shape index (κ1) is 19.1. The summed E-state index contributed by atoms with van der Waals surface area (Å²) in [5.74, 6) is 2.14. The Morgan fingerprint density at radius 3 is 1.74 bits per heavy atom. The summed E-state index contributed by atoms with van der Waals surface area (Å²) in [4.78, 5) is 32.4. The van der Waals surface area contributed by atoms with Crippen LogP contribution in [0.25, 0.3) is 0 Å². The van der Waals surface area contributed by atoms with Crippen molar-refractivity contribution >= 4 is 18.0 Å². The number of ether oxygens (including phenoxy) is 1. The molecule has 0 aliphatic heterocycles. The first-order chi connectivity index (χ1) is 8.72. The monoisotopic (exact) mass is 274 g/mol. The highest BCUT2D eigenvalue weighted by Crippen LogP contribution is 1.85. The Labute approximate surface area is 111 Å². The van der Waals surface area contributed by atoms with Crippen LogP contribution in [0, 0.1) is 11.8 Å². The highest BCUT2D eigenvalue weighted by Gasteiger charge is 2.04. The molecule has 0 fully saturated rings. The summed E-state index contributed by atoms with van der Waals surface area (Å²) in [7, 11) is 6.89. The van der Waals surface area contributed by atoms with Crippen LogP contribution in [0.2, 0.25) is 0 Å². The first-order valence-corrected chi connectivity index (χ1v) is 5.08. The first-order valence-electron chi connectivity index (χ1n) is 5.08. The molecular formula is C11H18N2O6. The molecule has 0 heterocycles. The molecule has 0 saturated heterocycles. The van der Waals surface area contributed by atoms with Gasteiger partial charge < -0.3 is 19.8 Å². The summed E-state index contributed by atoms with van der Waals surface area (Å²) in [5.41, 5.74) is 0. The maximum absolute atomic E-state index is 10.9. The van der Waals surface area contributed by atoms with Crippen molar-refractivity contribution in [2.45, 2.75) is 0 Å². The summed E-state index contributed by atoms with van der Waals surface area (Å²) < 4.78 is 4.50. The van der Waals surface area contributed by atoms with Gasteiger partial charge in [0.1, 0.15) is 0 Å². The molecule has 0 radical (unpaired) electrons. The fraction of sp³-hybridized carbons (Fsp3) is 0.545. The molecule has 0 spiro atoms. The molecule has 0 rings (SSSR count). The Morgan fingerprint density at radius 1 is 1.00 bits per heavy atom. The zero-order valence-corrected chi connectivity index (χ0v) is 11.3. The lowest BCUT2D eigenvalue weighted by atomic mass is 10.5. The van der Waals surface area contributed by atoms with Crippen molar-refractivity contribution in [2.24, 2.45) is 0 Å². The number of carboxylic acids is 2. The number of hydrogen-bond donors (Lipinski definition) is 2. The second kappa shape index (κ2) is 10.9. The van der Waals surface area contributed by atoms with E-state index in [-0.39, 0.29) is 6.09 Å². The fourth-order valence-corrected chi connectivity index (χ4v) is 0.609. The highest BCUT2D eigenvalue weighted by atomic mass is 16.5. The van der Waals surface area contributed by atoms with Gasteiger partial charge in [-0.2, -0.15) is 0 Å². The zero-order chi connectivity index (χ0) is 15.4. The van der Waals surface area contributed by atoms with Crippen LogP contribution in [-0.4, -0.2) is 79.4 Å². The van der Waals surface area contributed by atoms with Gasteiger partial charge in [-0.05, 0) is 14.1 Å². The van der Waals surface area contributed by atoms with E-state index in [1.165, 1.54) is 12.0 Å². The van der Waals surface area contributed by atoms with Gasteiger partial charge in [0.25, 0.3) is 0 Å². The van der Waals surface area contributed by atoms with E-state index in [0.29, 0.717) is 13.1 Å². The van der Waals surface area contributed by atoms with Crippen LogP contribution in [0.1, 0.15) is 0 Å². The maximum atomic E-state index is 10.9. The number of amides is 1. The largest absolute Gasteiger partial charge is 0.473 e. The lowest BCUT2D eigenvalue weighted by molar-refractivity contribution is -0.159. The summed E-state index contributed by atoms with van der Waals surface area (Å²) in [6.07, 6.45) is -0.362. The van der Waals surface area contributed by atoms with Crippen molar-refractivity contribution in [1.82, 2.24) is 9.80 Å². The predicted molar refractivity (Wildman–Crippen MR) is 66.6 cm³/mol. The molecule has 0 unspecified atom stereocenters. The van der Waals surface area contributed by atoms with Gasteiger partial charge in [0.2, 0.25) is 0 Å². The lowest BCUT2D eigenvalue weighted by Crippen LogP contribution is -2.26. The van der Waals surface area contributed by atoms with Gasteiger partial charge in [0.15, 0.2) is 0 Å². The average Bonchev–Trinajstić information content (AvgIpc) is 2.33. The van der Waals surface area contributed by atoms with Gasteiger partial charge in [-0.15, -0.1) is 0 Å². The Balaban J connectivity index is 0. The van der Waals surface area contributed by atoms with E-state index in [0.717, 1.165) is 0 Å². The number of methoxy groups -OCH3 is 1. The predicted octanol–water partition coefficient (Wildman–Crippen LogP) is -0.595. The van der Waals surface area contributed by atoms with Crippen LogP contribution in [0.4, 0.5) is 4.79 Å². The van der Waals surface area contributed by atoms with Gasteiger partial charge in [0, 0.05) is 7.05 Å². The molecule has 0 aromatic carbocycles. The van der Waals surface area contributed by atoms with Gasteiger partial charge in [-0.1, -0.05) is 11.8 Å². The van der Waals surface area contributed by atoms with Crippen molar-refractivity contribution in [3.63, 3.8) is 0 Å². The standard InChI is InChI=1S/C9H16N2O2.C2H2O4/c1-10(2)7-5-6-8-11(3)9(12)13-4;3-1(4)2(5)6/h7-8H2,1-4H3;(H,3,4)(H,5,6). The number of carbonyl (C=O) groups excluding carboxylic acids is 1. The van der Waals surface area contributed by atoms with E-state index < -0.39 is 11.9 Å². The fourth-order valence-electron chi connectivity index (χ4n) is 0.609. The number of carbonyl (C=O) groups is 3. The number of aliphatic carboxylic acids is 2. The minimum Gasteiger partial charge on any atom is -0.473 e. The number of carboxylic acid groups (broad SMARTS) is 2. The second-order valence-corrected chi connectivity index (χ2v) is 3.53. The molecular weight excluding hydrogens is 256 g/mol. The summed E-state index contributed by atoms with van der Waals surface area (Å²) in [6, 6.07) is 0. The molecule has 0 aliphatic carbocycles.